The van der Waals surface area contributed by atoms with Crippen LogP contribution in [0.3, 0.4) is 0 Å². The van der Waals surface area contributed by atoms with Crippen LogP contribution < -0.4 is 10.6 Å². The van der Waals surface area contributed by atoms with Gasteiger partial charge in [0.15, 0.2) is 0 Å². The van der Waals surface area contributed by atoms with Gasteiger partial charge in [-0.1, -0.05) is 13.3 Å². The molecule has 0 aromatic carbocycles. The van der Waals surface area contributed by atoms with Crippen molar-refractivity contribution in [2.24, 2.45) is 5.50 Å². The van der Waals surface area contributed by atoms with Gasteiger partial charge in [-0.15, -0.1) is 0 Å². The minimum atomic E-state index is -3.45. The Balaban J connectivity index is 3.18. The van der Waals surface area contributed by atoms with E-state index in [1.807, 2.05) is 6.92 Å². The Morgan fingerprint density at radius 2 is 2.33 bits per heavy atom. The number of hydrogen-bond acceptors (Lipinski definition) is 1. The minimum Gasteiger partial charge on any atom is -0.322 e. The summed E-state index contributed by atoms with van der Waals surface area (Å²) in [4.78, 5) is 8.47. The third-order valence-electron chi connectivity index (χ3n) is 0.869. The van der Waals surface area contributed by atoms with E-state index in [4.69, 9.17) is 10.4 Å². The molecular formula is C4H13N2O2P. The zero-order valence-electron chi connectivity index (χ0n) is 5.50. The number of nitrogens with one attached hydrogen (secondary N) is 1. The van der Waals surface area contributed by atoms with Gasteiger partial charge >= 0.3 is 7.67 Å². The van der Waals surface area contributed by atoms with Gasteiger partial charge in [-0.25, -0.2) is 10.6 Å². The van der Waals surface area contributed by atoms with E-state index in [1.54, 1.807) is 0 Å². The van der Waals surface area contributed by atoms with Crippen LogP contribution in [-0.4, -0.2) is 11.4 Å². The van der Waals surface area contributed by atoms with Gasteiger partial charge < -0.3 is 4.89 Å². The lowest BCUT2D eigenvalue weighted by atomic mass is 10.3. The van der Waals surface area contributed by atoms with Crippen LogP contribution in [0.25, 0.3) is 0 Å². The molecule has 5 heteroatoms. The quantitative estimate of drug-likeness (QED) is 0.403. The molecule has 0 aliphatic carbocycles. The Hall–Kier alpha value is 0.110. The number of rotatable bonds is 4. The fourth-order valence-corrected chi connectivity index (χ4v) is 0.895. The monoisotopic (exact) mass is 152 g/mol. The maximum Gasteiger partial charge on any atom is 0.335 e. The summed E-state index contributed by atoms with van der Waals surface area (Å²) in [5.41, 5.74) is 4.78. The highest BCUT2D eigenvalue weighted by Crippen LogP contribution is 2.21. The zero-order valence-corrected chi connectivity index (χ0v) is 6.40. The average molecular weight is 152 g/mol. The molecule has 4 N–H and O–H groups in total. The van der Waals surface area contributed by atoms with Crippen molar-refractivity contribution < 1.29 is 9.46 Å². The van der Waals surface area contributed by atoms with Gasteiger partial charge in [-0.05, 0) is 6.42 Å². The van der Waals surface area contributed by atoms with Crippen LogP contribution in [0.2, 0.25) is 0 Å². The normalized spacial score (nSPS) is 17.2. The number of unbranched alkanes of at least 4 members (excludes halogenated alkanes) is 1. The fraction of sp³-hybridized carbons (Fsp3) is 1.00. The van der Waals surface area contributed by atoms with E-state index >= 15 is 0 Å². The lowest BCUT2D eigenvalue weighted by Crippen LogP contribution is -2.16. The molecular weight excluding hydrogens is 139 g/mol. The Bertz CT molecular complexity index is 111. The standard InChI is InChI=1S/C4H13N2O2P/c1-2-3-4-6-9(5,7)8/h2-4H2,1H3,(H4,5,6,7,8). The van der Waals surface area contributed by atoms with E-state index in [-0.39, 0.29) is 0 Å². The lowest BCUT2D eigenvalue weighted by Gasteiger charge is -2.04. The third-order valence-corrected chi connectivity index (χ3v) is 1.55. The summed E-state index contributed by atoms with van der Waals surface area (Å²) in [5, 5.41) is 2.31. The van der Waals surface area contributed by atoms with Crippen LogP contribution in [0.4, 0.5) is 0 Å². The SMILES string of the molecule is CCCCNP(N)(=O)O. The molecule has 56 valence electrons. The third kappa shape index (κ3) is 8.11. The zero-order chi connectivity index (χ0) is 7.33. The summed E-state index contributed by atoms with van der Waals surface area (Å²) in [6.07, 6.45) is 1.87. The second-order valence-electron chi connectivity index (χ2n) is 1.88. The van der Waals surface area contributed by atoms with Gasteiger partial charge in [0.1, 0.15) is 0 Å². The molecule has 0 radical (unpaired) electrons. The van der Waals surface area contributed by atoms with Crippen LogP contribution in [0, 0.1) is 0 Å². The highest BCUT2D eigenvalue weighted by molar-refractivity contribution is 7.53. The second kappa shape index (κ2) is 4.01. The highest BCUT2D eigenvalue weighted by Gasteiger charge is 2.06. The molecule has 1 atom stereocenters. The Morgan fingerprint density at radius 3 is 2.67 bits per heavy atom. The van der Waals surface area contributed by atoms with Gasteiger partial charge in [0.05, 0.1) is 0 Å². The first-order valence-electron chi connectivity index (χ1n) is 2.93. The molecule has 0 saturated heterocycles. The summed E-state index contributed by atoms with van der Waals surface area (Å²) in [5.74, 6) is 0. The van der Waals surface area contributed by atoms with Crippen LogP contribution >= 0.6 is 7.67 Å². The van der Waals surface area contributed by atoms with Crippen LogP contribution in [-0.2, 0) is 4.57 Å². The van der Waals surface area contributed by atoms with E-state index in [0.717, 1.165) is 12.8 Å². The first-order chi connectivity index (χ1) is 4.06. The molecule has 0 aliphatic heterocycles. The molecule has 0 rings (SSSR count). The molecule has 1 unspecified atom stereocenters. The molecule has 4 nitrogen and oxygen atoms in total. The first-order valence-corrected chi connectivity index (χ1v) is 4.65. The smallest absolute Gasteiger partial charge is 0.322 e. The molecule has 0 amide bonds. The predicted octanol–water partition coefficient (Wildman–Crippen LogP) is 0.435. The molecule has 0 spiro atoms. The summed E-state index contributed by atoms with van der Waals surface area (Å²) in [7, 11) is -3.45. The largest absolute Gasteiger partial charge is 0.335 e. The lowest BCUT2D eigenvalue weighted by molar-refractivity contribution is 0.463. The first kappa shape index (κ1) is 9.11. The Labute approximate surface area is 55.0 Å². The van der Waals surface area contributed by atoms with Crippen molar-refractivity contribution in [1.29, 1.82) is 0 Å². The van der Waals surface area contributed by atoms with Gasteiger partial charge in [-0.2, -0.15) is 0 Å². The van der Waals surface area contributed by atoms with E-state index in [2.05, 4.69) is 5.09 Å². The molecule has 0 aliphatic rings. The van der Waals surface area contributed by atoms with Gasteiger partial charge in [0.25, 0.3) is 0 Å². The average Bonchev–Trinajstić information content (AvgIpc) is 1.63. The topological polar surface area (TPSA) is 75.3 Å². The molecule has 0 heterocycles. The van der Waals surface area contributed by atoms with Crippen LogP contribution in [0.5, 0.6) is 0 Å². The molecule has 0 saturated carbocycles. The van der Waals surface area contributed by atoms with Crippen molar-refractivity contribution in [3.63, 3.8) is 0 Å². The molecule has 0 fully saturated rings. The maximum atomic E-state index is 10.3. The number of nitrogens with two attached hydrogens (primary N) is 1. The molecule has 0 aromatic rings. The number of hydrogen-bond donors (Lipinski definition) is 3. The van der Waals surface area contributed by atoms with E-state index in [1.165, 1.54) is 0 Å². The van der Waals surface area contributed by atoms with Crippen molar-refractivity contribution in [1.82, 2.24) is 5.09 Å². The van der Waals surface area contributed by atoms with Gasteiger partial charge in [0.2, 0.25) is 0 Å². The molecule has 0 aromatic heterocycles. The maximum absolute atomic E-state index is 10.3. The molecule has 0 bridgehead atoms. The van der Waals surface area contributed by atoms with E-state index in [9.17, 15) is 4.57 Å². The van der Waals surface area contributed by atoms with Crippen molar-refractivity contribution >= 4 is 7.67 Å². The van der Waals surface area contributed by atoms with Crippen molar-refractivity contribution in [2.75, 3.05) is 6.54 Å². The summed E-state index contributed by atoms with van der Waals surface area (Å²) >= 11 is 0. The highest BCUT2D eigenvalue weighted by atomic mass is 31.2. The summed E-state index contributed by atoms with van der Waals surface area (Å²) in [6, 6.07) is 0. The van der Waals surface area contributed by atoms with Crippen molar-refractivity contribution in [2.45, 2.75) is 19.8 Å². The van der Waals surface area contributed by atoms with Crippen molar-refractivity contribution in [3.05, 3.63) is 0 Å². The summed E-state index contributed by atoms with van der Waals surface area (Å²) < 4.78 is 10.3. The van der Waals surface area contributed by atoms with E-state index in [0.29, 0.717) is 6.54 Å². The Morgan fingerprint density at radius 1 is 1.78 bits per heavy atom. The fourth-order valence-electron chi connectivity index (χ4n) is 0.416. The van der Waals surface area contributed by atoms with Crippen molar-refractivity contribution in [3.8, 4) is 0 Å². The Kier molecular flexibility index (Phi) is 4.06. The molecule has 9 heavy (non-hydrogen) atoms. The predicted molar refractivity (Wildman–Crippen MR) is 36.9 cm³/mol. The van der Waals surface area contributed by atoms with E-state index < -0.39 is 7.67 Å². The van der Waals surface area contributed by atoms with Gasteiger partial charge in [0, 0.05) is 6.54 Å². The van der Waals surface area contributed by atoms with Gasteiger partial charge in [-0.3, -0.25) is 4.57 Å². The summed E-state index contributed by atoms with van der Waals surface area (Å²) in [6.45, 7) is 2.52. The van der Waals surface area contributed by atoms with Crippen LogP contribution in [0.1, 0.15) is 19.8 Å². The minimum absolute atomic E-state index is 0.515. The second-order valence-corrected chi connectivity index (χ2v) is 3.45. The van der Waals surface area contributed by atoms with Crippen LogP contribution in [0.15, 0.2) is 0 Å².